The molecule has 1 N–H and O–H groups in total. The average molecular weight is 293 g/mol. The highest BCUT2D eigenvalue weighted by atomic mass is 32.2. The van der Waals surface area contributed by atoms with Crippen LogP contribution in [0.1, 0.15) is 41.0 Å². The first kappa shape index (κ1) is 18.0. The van der Waals surface area contributed by atoms with Crippen LogP contribution in [-0.2, 0) is 30.0 Å². The summed E-state index contributed by atoms with van der Waals surface area (Å²) in [5.41, 5.74) is 0. The summed E-state index contributed by atoms with van der Waals surface area (Å²) < 4.78 is 23.7. The van der Waals surface area contributed by atoms with E-state index in [1.54, 1.807) is 34.6 Å². The number of ether oxygens (including phenoxy) is 2. The smallest absolute Gasteiger partial charge is 0.324 e. The van der Waals surface area contributed by atoms with Crippen molar-refractivity contribution in [3.05, 3.63) is 0 Å². The number of esters is 2. The van der Waals surface area contributed by atoms with Gasteiger partial charge in [-0.1, -0.05) is 0 Å². The summed E-state index contributed by atoms with van der Waals surface area (Å²) in [6, 6.07) is -0.959. The van der Waals surface area contributed by atoms with Crippen LogP contribution in [0.5, 0.6) is 0 Å². The number of rotatable bonds is 7. The molecule has 112 valence electrons. The van der Waals surface area contributed by atoms with Crippen LogP contribution in [0.3, 0.4) is 0 Å². The first-order valence-corrected chi connectivity index (χ1v) is 7.37. The molecule has 0 saturated heterocycles. The Morgan fingerprint density at radius 3 is 2.11 bits per heavy atom. The van der Waals surface area contributed by atoms with Crippen molar-refractivity contribution in [3.63, 3.8) is 0 Å². The fourth-order valence-electron chi connectivity index (χ4n) is 1.11. The molecule has 0 aliphatic rings. The SMILES string of the molecule is CCOC(=O)C[C@@H](NS(=O)C(C)(C)C)C(=O)OCC. The largest absolute Gasteiger partial charge is 0.466 e. The molecule has 0 amide bonds. The fourth-order valence-corrected chi connectivity index (χ4v) is 1.90. The van der Waals surface area contributed by atoms with Gasteiger partial charge in [0.05, 0.1) is 35.4 Å². The van der Waals surface area contributed by atoms with E-state index in [1.165, 1.54) is 0 Å². The molecule has 0 radical (unpaired) electrons. The topological polar surface area (TPSA) is 81.7 Å². The van der Waals surface area contributed by atoms with Crippen LogP contribution in [0.4, 0.5) is 0 Å². The second-order valence-corrected chi connectivity index (χ2v) is 6.81. The van der Waals surface area contributed by atoms with E-state index in [1.807, 2.05) is 0 Å². The Kier molecular flexibility index (Phi) is 7.85. The van der Waals surface area contributed by atoms with E-state index < -0.39 is 33.7 Å². The summed E-state index contributed by atoms with van der Waals surface area (Å²) in [6.07, 6.45) is -0.200. The maximum absolute atomic E-state index is 12.0. The Labute approximate surface area is 116 Å². The Hall–Kier alpha value is -0.950. The lowest BCUT2D eigenvalue weighted by Gasteiger charge is -2.22. The van der Waals surface area contributed by atoms with Crippen LogP contribution >= 0.6 is 0 Å². The van der Waals surface area contributed by atoms with Crippen molar-refractivity contribution in [1.82, 2.24) is 4.72 Å². The van der Waals surface area contributed by atoms with Crippen LogP contribution in [-0.4, -0.2) is 40.2 Å². The second-order valence-electron chi connectivity index (χ2n) is 4.81. The summed E-state index contributed by atoms with van der Waals surface area (Å²) in [6.45, 7) is 9.07. The summed E-state index contributed by atoms with van der Waals surface area (Å²) in [5.74, 6) is -1.13. The van der Waals surface area contributed by atoms with Crippen molar-refractivity contribution < 1.29 is 23.3 Å². The van der Waals surface area contributed by atoms with E-state index in [9.17, 15) is 13.8 Å². The minimum Gasteiger partial charge on any atom is -0.466 e. The van der Waals surface area contributed by atoms with Crippen molar-refractivity contribution in [2.24, 2.45) is 0 Å². The Balaban J connectivity index is 4.72. The molecule has 0 aromatic rings. The van der Waals surface area contributed by atoms with Crippen LogP contribution in [0.2, 0.25) is 0 Å². The van der Waals surface area contributed by atoms with Crippen LogP contribution < -0.4 is 4.72 Å². The third-order valence-electron chi connectivity index (χ3n) is 2.05. The Morgan fingerprint density at radius 1 is 1.16 bits per heavy atom. The number of nitrogens with one attached hydrogen (secondary N) is 1. The molecule has 0 heterocycles. The fraction of sp³-hybridized carbons (Fsp3) is 0.833. The van der Waals surface area contributed by atoms with Gasteiger partial charge in [0.15, 0.2) is 0 Å². The van der Waals surface area contributed by atoms with Crippen LogP contribution in [0.25, 0.3) is 0 Å². The predicted molar refractivity (Wildman–Crippen MR) is 72.7 cm³/mol. The van der Waals surface area contributed by atoms with Crippen molar-refractivity contribution >= 4 is 22.9 Å². The third kappa shape index (κ3) is 7.27. The Morgan fingerprint density at radius 2 is 1.68 bits per heavy atom. The molecule has 6 nitrogen and oxygen atoms in total. The molecular weight excluding hydrogens is 270 g/mol. The van der Waals surface area contributed by atoms with Crippen molar-refractivity contribution in [1.29, 1.82) is 0 Å². The predicted octanol–water partition coefficient (Wildman–Crippen LogP) is 0.923. The summed E-state index contributed by atoms with van der Waals surface area (Å²) in [5, 5.41) is 0. The first-order chi connectivity index (χ1) is 8.72. The molecule has 0 aliphatic carbocycles. The zero-order valence-electron chi connectivity index (χ0n) is 12.1. The Bertz CT molecular complexity index is 338. The molecule has 0 aliphatic heterocycles. The molecule has 2 atom stereocenters. The van der Waals surface area contributed by atoms with Gasteiger partial charge in [-0.05, 0) is 34.6 Å². The number of hydrogen-bond donors (Lipinski definition) is 1. The molecule has 0 saturated carbocycles. The van der Waals surface area contributed by atoms with Crippen molar-refractivity contribution in [3.8, 4) is 0 Å². The van der Waals surface area contributed by atoms with Gasteiger partial charge in [-0.2, -0.15) is 0 Å². The average Bonchev–Trinajstić information content (AvgIpc) is 2.27. The minimum absolute atomic E-state index is 0.196. The van der Waals surface area contributed by atoms with Crippen LogP contribution in [0.15, 0.2) is 0 Å². The van der Waals surface area contributed by atoms with E-state index in [-0.39, 0.29) is 19.6 Å². The highest BCUT2D eigenvalue weighted by Gasteiger charge is 2.29. The van der Waals surface area contributed by atoms with E-state index in [2.05, 4.69) is 4.72 Å². The van der Waals surface area contributed by atoms with E-state index in [4.69, 9.17) is 9.47 Å². The highest BCUT2D eigenvalue weighted by molar-refractivity contribution is 7.84. The molecule has 0 spiro atoms. The summed E-state index contributed by atoms with van der Waals surface area (Å²) in [4.78, 5) is 23.1. The van der Waals surface area contributed by atoms with Gasteiger partial charge in [0.2, 0.25) is 0 Å². The van der Waals surface area contributed by atoms with Gasteiger partial charge in [-0.15, -0.1) is 0 Å². The van der Waals surface area contributed by atoms with Gasteiger partial charge in [-0.25, -0.2) is 8.93 Å². The van der Waals surface area contributed by atoms with Gasteiger partial charge in [-0.3, -0.25) is 9.59 Å². The monoisotopic (exact) mass is 293 g/mol. The number of carbonyl (C=O) groups is 2. The molecule has 0 aromatic heterocycles. The normalized spacial score (nSPS) is 14.6. The maximum atomic E-state index is 12.0. The third-order valence-corrected chi connectivity index (χ3v) is 3.66. The molecular formula is C12H23NO5S. The molecule has 0 bridgehead atoms. The minimum atomic E-state index is -1.47. The molecule has 19 heavy (non-hydrogen) atoms. The standard InChI is InChI=1S/C12H23NO5S/c1-6-17-10(14)8-9(11(15)18-7-2)13-19(16)12(3,4)5/h9,13H,6-8H2,1-5H3/t9-,19?/m1/s1. The van der Waals surface area contributed by atoms with Gasteiger partial charge in [0.1, 0.15) is 6.04 Å². The summed E-state index contributed by atoms with van der Waals surface area (Å²) >= 11 is 0. The lowest BCUT2D eigenvalue weighted by Crippen LogP contribution is -2.45. The van der Waals surface area contributed by atoms with Crippen molar-refractivity contribution in [2.45, 2.75) is 51.8 Å². The van der Waals surface area contributed by atoms with Gasteiger partial charge in [0, 0.05) is 0 Å². The van der Waals surface area contributed by atoms with Crippen molar-refractivity contribution in [2.75, 3.05) is 13.2 Å². The maximum Gasteiger partial charge on any atom is 0.324 e. The second kappa shape index (κ2) is 8.27. The lowest BCUT2D eigenvalue weighted by molar-refractivity contribution is -0.151. The molecule has 0 rings (SSSR count). The molecule has 0 fully saturated rings. The zero-order chi connectivity index (χ0) is 15.1. The van der Waals surface area contributed by atoms with Crippen LogP contribution in [0, 0.1) is 0 Å². The number of carbonyl (C=O) groups excluding carboxylic acids is 2. The van der Waals surface area contributed by atoms with E-state index in [0.717, 1.165) is 0 Å². The van der Waals surface area contributed by atoms with Gasteiger partial charge < -0.3 is 9.47 Å². The summed E-state index contributed by atoms with van der Waals surface area (Å²) in [7, 11) is -1.47. The highest BCUT2D eigenvalue weighted by Crippen LogP contribution is 2.11. The molecule has 1 unspecified atom stereocenters. The van der Waals surface area contributed by atoms with Gasteiger partial charge >= 0.3 is 11.9 Å². The molecule has 7 heteroatoms. The lowest BCUT2D eigenvalue weighted by atomic mass is 10.2. The van der Waals surface area contributed by atoms with E-state index in [0.29, 0.717) is 0 Å². The number of hydrogen-bond acceptors (Lipinski definition) is 5. The van der Waals surface area contributed by atoms with E-state index >= 15 is 0 Å². The zero-order valence-corrected chi connectivity index (χ0v) is 13.0. The molecule has 0 aromatic carbocycles. The quantitative estimate of drug-likeness (QED) is 0.706. The first-order valence-electron chi connectivity index (χ1n) is 6.22. The van der Waals surface area contributed by atoms with Gasteiger partial charge in [0.25, 0.3) is 0 Å².